The molecule has 8 nitrogen and oxygen atoms in total. The summed E-state index contributed by atoms with van der Waals surface area (Å²) in [5.41, 5.74) is 0. The fraction of sp³-hybridized carbons (Fsp3) is 0.412. The maximum absolute atomic E-state index is 12.9. The lowest BCUT2D eigenvalue weighted by atomic mass is 10.1. The maximum Gasteiger partial charge on any atom is 0.243 e. The first-order valence-corrected chi connectivity index (χ1v) is 9.65. The molecule has 3 rings (SSSR count). The number of ether oxygens (including phenoxy) is 3. The molecule has 2 heterocycles. The van der Waals surface area contributed by atoms with Crippen molar-refractivity contribution < 1.29 is 22.6 Å². The molecule has 0 N–H and O–H groups in total. The molecule has 1 saturated heterocycles. The molecule has 0 spiro atoms. The Morgan fingerprint density at radius 3 is 2.42 bits per heavy atom. The van der Waals surface area contributed by atoms with E-state index in [4.69, 9.17) is 14.2 Å². The molecule has 9 heteroatoms. The summed E-state index contributed by atoms with van der Waals surface area (Å²) in [7, 11) is -0.618. The molecule has 26 heavy (non-hydrogen) atoms. The van der Waals surface area contributed by atoms with Crippen LogP contribution in [-0.2, 0) is 10.0 Å². The van der Waals surface area contributed by atoms with E-state index in [2.05, 4.69) is 10.2 Å². The number of rotatable bonds is 6. The van der Waals surface area contributed by atoms with Crippen LogP contribution in [0.25, 0.3) is 0 Å². The van der Waals surface area contributed by atoms with Crippen molar-refractivity contribution in [1.82, 2.24) is 14.5 Å². The third-order valence-corrected chi connectivity index (χ3v) is 6.12. The average Bonchev–Trinajstić information content (AvgIpc) is 2.68. The molecule has 1 aromatic heterocycles. The van der Waals surface area contributed by atoms with Gasteiger partial charge in [-0.1, -0.05) is 0 Å². The van der Waals surface area contributed by atoms with Gasteiger partial charge in [-0.2, -0.15) is 9.40 Å². The zero-order valence-corrected chi connectivity index (χ0v) is 15.5. The van der Waals surface area contributed by atoms with Gasteiger partial charge in [0.2, 0.25) is 15.9 Å². The van der Waals surface area contributed by atoms with Crippen molar-refractivity contribution in [2.24, 2.45) is 0 Å². The van der Waals surface area contributed by atoms with Crippen LogP contribution in [0.3, 0.4) is 0 Å². The molecule has 1 fully saturated rings. The number of hydrogen-bond donors (Lipinski definition) is 0. The third-order valence-electron chi connectivity index (χ3n) is 4.23. The van der Waals surface area contributed by atoms with Crippen LogP contribution in [0.2, 0.25) is 0 Å². The normalized spacial score (nSPS) is 16.2. The second-order valence-electron chi connectivity index (χ2n) is 5.80. The summed E-state index contributed by atoms with van der Waals surface area (Å²) >= 11 is 0. The predicted molar refractivity (Wildman–Crippen MR) is 94.0 cm³/mol. The van der Waals surface area contributed by atoms with Gasteiger partial charge in [0, 0.05) is 31.4 Å². The molecule has 0 aliphatic carbocycles. The largest absolute Gasteiger partial charge is 0.493 e. The average molecular weight is 379 g/mol. The van der Waals surface area contributed by atoms with E-state index >= 15 is 0 Å². The maximum atomic E-state index is 12.9. The minimum absolute atomic E-state index is 0.0800. The standard InChI is InChI=1S/C17H21N3O5S/c1-23-15-6-5-14(12-16(15)24-2)26(21,22)20-10-7-13(8-11-20)25-17-4-3-9-18-19-17/h3-6,9,12-13H,7-8,10-11H2,1-2H3. The number of methoxy groups -OCH3 is 2. The Hall–Kier alpha value is -2.39. The van der Waals surface area contributed by atoms with E-state index in [1.54, 1.807) is 24.4 Å². The van der Waals surface area contributed by atoms with E-state index in [0.717, 1.165) is 0 Å². The minimum Gasteiger partial charge on any atom is -0.493 e. The van der Waals surface area contributed by atoms with Gasteiger partial charge in [-0.15, -0.1) is 5.10 Å². The molecular formula is C17H21N3O5S. The molecule has 0 atom stereocenters. The van der Waals surface area contributed by atoms with Gasteiger partial charge in [0.25, 0.3) is 0 Å². The van der Waals surface area contributed by atoms with Crippen molar-refractivity contribution >= 4 is 10.0 Å². The van der Waals surface area contributed by atoms with Gasteiger partial charge >= 0.3 is 0 Å². The van der Waals surface area contributed by atoms with E-state index in [-0.39, 0.29) is 11.0 Å². The quantitative estimate of drug-likeness (QED) is 0.755. The Kier molecular flexibility index (Phi) is 5.58. The zero-order chi connectivity index (χ0) is 18.6. The fourth-order valence-corrected chi connectivity index (χ4v) is 4.32. The molecule has 140 valence electrons. The van der Waals surface area contributed by atoms with Crippen LogP contribution < -0.4 is 14.2 Å². The molecule has 0 radical (unpaired) electrons. The Labute approximate surface area is 152 Å². The molecular weight excluding hydrogens is 358 g/mol. The van der Waals surface area contributed by atoms with E-state index in [0.29, 0.717) is 43.3 Å². The van der Waals surface area contributed by atoms with Crippen LogP contribution in [0.15, 0.2) is 41.4 Å². The molecule has 2 aromatic rings. The monoisotopic (exact) mass is 379 g/mol. The Morgan fingerprint density at radius 1 is 1.08 bits per heavy atom. The third kappa shape index (κ3) is 3.88. The van der Waals surface area contributed by atoms with Crippen LogP contribution in [-0.4, -0.2) is 56.3 Å². The van der Waals surface area contributed by atoms with Crippen molar-refractivity contribution in [3.8, 4) is 17.4 Å². The summed E-state index contributed by atoms with van der Waals surface area (Å²) < 4.78 is 43.4. The van der Waals surface area contributed by atoms with E-state index in [1.807, 2.05) is 0 Å². The molecule has 0 unspecified atom stereocenters. The molecule has 1 aliphatic heterocycles. The number of nitrogens with zero attached hydrogens (tertiary/aromatic N) is 3. The van der Waals surface area contributed by atoms with Crippen LogP contribution >= 0.6 is 0 Å². The van der Waals surface area contributed by atoms with Crippen LogP contribution in [0.5, 0.6) is 17.4 Å². The van der Waals surface area contributed by atoms with E-state index in [9.17, 15) is 8.42 Å². The molecule has 0 saturated carbocycles. The van der Waals surface area contributed by atoms with Crippen molar-refractivity contribution in [3.05, 3.63) is 36.5 Å². The number of piperidine rings is 1. The van der Waals surface area contributed by atoms with Crippen molar-refractivity contribution in [3.63, 3.8) is 0 Å². The summed E-state index contributed by atoms with van der Waals surface area (Å²) in [5.74, 6) is 1.32. The van der Waals surface area contributed by atoms with Crippen molar-refractivity contribution in [2.45, 2.75) is 23.8 Å². The Balaban J connectivity index is 1.68. The summed E-state index contributed by atoms with van der Waals surface area (Å²) in [6.07, 6.45) is 2.67. The Bertz CT molecular complexity index is 837. The van der Waals surface area contributed by atoms with Gasteiger partial charge in [-0.3, -0.25) is 0 Å². The minimum atomic E-state index is -3.60. The molecule has 0 amide bonds. The molecule has 1 aromatic carbocycles. The zero-order valence-electron chi connectivity index (χ0n) is 14.7. The summed E-state index contributed by atoms with van der Waals surface area (Å²) in [6.45, 7) is 0.753. The first kappa shape index (κ1) is 18.4. The number of sulfonamides is 1. The predicted octanol–water partition coefficient (Wildman–Crippen LogP) is 1.73. The summed E-state index contributed by atoms with van der Waals surface area (Å²) in [5, 5.41) is 7.66. The second kappa shape index (κ2) is 7.88. The van der Waals surface area contributed by atoms with Gasteiger partial charge in [0.1, 0.15) is 6.10 Å². The first-order chi connectivity index (χ1) is 12.5. The van der Waals surface area contributed by atoms with Gasteiger partial charge in [-0.05, 0) is 31.0 Å². The topological polar surface area (TPSA) is 90.9 Å². The lowest BCUT2D eigenvalue weighted by molar-refractivity contribution is 0.128. The fourth-order valence-electron chi connectivity index (χ4n) is 2.84. The van der Waals surface area contributed by atoms with Gasteiger partial charge in [-0.25, -0.2) is 8.42 Å². The van der Waals surface area contributed by atoms with Crippen molar-refractivity contribution in [1.29, 1.82) is 0 Å². The number of benzene rings is 1. The molecule has 0 bridgehead atoms. The summed E-state index contributed by atoms with van der Waals surface area (Å²) in [6, 6.07) is 8.09. The van der Waals surface area contributed by atoms with Crippen LogP contribution in [0.4, 0.5) is 0 Å². The van der Waals surface area contributed by atoms with Crippen LogP contribution in [0, 0.1) is 0 Å². The number of hydrogen-bond acceptors (Lipinski definition) is 7. The van der Waals surface area contributed by atoms with Crippen LogP contribution in [0.1, 0.15) is 12.8 Å². The lowest BCUT2D eigenvalue weighted by Crippen LogP contribution is -2.41. The highest BCUT2D eigenvalue weighted by Gasteiger charge is 2.31. The van der Waals surface area contributed by atoms with E-state index in [1.165, 1.54) is 30.7 Å². The molecule has 1 aliphatic rings. The SMILES string of the molecule is COc1ccc(S(=O)(=O)N2CCC(Oc3cccnn3)CC2)cc1OC. The van der Waals surface area contributed by atoms with Gasteiger partial charge in [0.05, 0.1) is 19.1 Å². The lowest BCUT2D eigenvalue weighted by Gasteiger charge is -2.31. The summed E-state index contributed by atoms with van der Waals surface area (Å²) in [4.78, 5) is 0.184. The highest BCUT2D eigenvalue weighted by atomic mass is 32.2. The highest BCUT2D eigenvalue weighted by Crippen LogP contribution is 2.31. The van der Waals surface area contributed by atoms with E-state index < -0.39 is 10.0 Å². The smallest absolute Gasteiger partial charge is 0.243 e. The van der Waals surface area contributed by atoms with Crippen molar-refractivity contribution in [2.75, 3.05) is 27.3 Å². The second-order valence-corrected chi connectivity index (χ2v) is 7.74. The number of aromatic nitrogens is 2. The highest BCUT2D eigenvalue weighted by molar-refractivity contribution is 7.89. The Morgan fingerprint density at radius 2 is 1.81 bits per heavy atom. The van der Waals surface area contributed by atoms with Gasteiger partial charge < -0.3 is 14.2 Å². The first-order valence-electron chi connectivity index (χ1n) is 8.21. The van der Waals surface area contributed by atoms with Gasteiger partial charge in [0.15, 0.2) is 11.5 Å².